The predicted molar refractivity (Wildman–Crippen MR) is 109 cm³/mol. The number of hydrogen-bond donors (Lipinski definition) is 0. The maximum absolute atomic E-state index is 11.7. The molecule has 0 aromatic rings. The van der Waals surface area contributed by atoms with Gasteiger partial charge in [-0.3, -0.25) is 4.79 Å². The number of carbonyl (C=O) groups is 1. The van der Waals surface area contributed by atoms with E-state index in [0.717, 1.165) is 25.7 Å². The second-order valence-corrected chi connectivity index (χ2v) is 7.70. The largest absolute Gasteiger partial charge is 0.300 e. The van der Waals surface area contributed by atoms with Crippen molar-refractivity contribution in [2.75, 3.05) is 0 Å². The minimum atomic E-state index is 0.498. The lowest BCUT2D eigenvalue weighted by molar-refractivity contribution is -0.119. The molecule has 144 valence electrons. The monoisotopic (exact) mass is 338 g/mol. The summed E-state index contributed by atoms with van der Waals surface area (Å²) in [6, 6.07) is 0. The SMILES string of the molecule is CCCCCCCCCCCCCCCCCC(=O)CCCCC. The normalized spacial score (nSPS) is 11.1. The fourth-order valence-corrected chi connectivity index (χ4v) is 3.39. The van der Waals surface area contributed by atoms with Gasteiger partial charge in [0.2, 0.25) is 0 Å². The molecule has 0 N–H and O–H groups in total. The van der Waals surface area contributed by atoms with E-state index in [2.05, 4.69) is 13.8 Å². The van der Waals surface area contributed by atoms with Crippen molar-refractivity contribution in [1.82, 2.24) is 0 Å². The molecule has 0 spiro atoms. The zero-order valence-corrected chi connectivity index (χ0v) is 17.1. The van der Waals surface area contributed by atoms with Crippen LogP contribution in [0, 0.1) is 0 Å². The lowest BCUT2D eigenvalue weighted by Gasteiger charge is -2.03. The first kappa shape index (κ1) is 23.7. The predicted octanol–water partition coefficient (Wildman–Crippen LogP) is 8.40. The van der Waals surface area contributed by atoms with E-state index in [1.165, 1.54) is 103 Å². The summed E-state index contributed by atoms with van der Waals surface area (Å²) in [4.78, 5) is 11.7. The number of rotatable bonds is 20. The number of unbranched alkanes of at least 4 members (excludes halogenated alkanes) is 16. The van der Waals surface area contributed by atoms with Crippen LogP contribution in [0.5, 0.6) is 0 Å². The molecule has 24 heavy (non-hydrogen) atoms. The highest BCUT2D eigenvalue weighted by Crippen LogP contribution is 2.14. The Labute approximate surface area is 153 Å². The van der Waals surface area contributed by atoms with Crippen LogP contribution >= 0.6 is 0 Å². The molecule has 0 bridgehead atoms. The average molecular weight is 339 g/mol. The van der Waals surface area contributed by atoms with Crippen LogP contribution in [0.3, 0.4) is 0 Å². The molecule has 0 saturated carbocycles. The summed E-state index contributed by atoms with van der Waals surface area (Å²) in [5.41, 5.74) is 0. The molecule has 0 aliphatic heterocycles. The highest BCUT2D eigenvalue weighted by Gasteiger charge is 2.01. The van der Waals surface area contributed by atoms with Gasteiger partial charge in [0.25, 0.3) is 0 Å². The first-order valence-corrected chi connectivity index (χ1v) is 11.3. The third kappa shape index (κ3) is 19.7. The minimum Gasteiger partial charge on any atom is -0.300 e. The van der Waals surface area contributed by atoms with Gasteiger partial charge in [-0.2, -0.15) is 0 Å². The maximum Gasteiger partial charge on any atom is 0.132 e. The van der Waals surface area contributed by atoms with E-state index in [9.17, 15) is 4.79 Å². The highest BCUT2D eigenvalue weighted by atomic mass is 16.1. The Kier molecular flexibility index (Phi) is 20.4. The van der Waals surface area contributed by atoms with Gasteiger partial charge >= 0.3 is 0 Å². The van der Waals surface area contributed by atoms with Gasteiger partial charge < -0.3 is 0 Å². The Balaban J connectivity index is 3.06. The summed E-state index contributed by atoms with van der Waals surface area (Å²) in [6.07, 6.45) is 26.0. The minimum absolute atomic E-state index is 0.498. The van der Waals surface area contributed by atoms with Crippen LogP contribution in [0.25, 0.3) is 0 Å². The Hall–Kier alpha value is -0.330. The van der Waals surface area contributed by atoms with Crippen LogP contribution in [0.15, 0.2) is 0 Å². The summed E-state index contributed by atoms with van der Waals surface area (Å²) in [5.74, 6) is 0.498. The zero-order chi connectivity index (χ0) is 17.7. The molecule has 1 heteroatoms. The molecule has 0 rings (SSSR count). The number of ketones is 1. The number of hydrogen-bond acceptors (Lipinski definition) is 1. The second-order valence-electron chi connectivity index (χ2n) is 7.70. The first-order chi connectivity index (χ1) is 11.8. The Morgan fingerprint density at radius 2 is 0.667 bits per heavy atom. The van der Waals surface area contributed by atoms with Crippen LogP contribution in [0.4, 0.5) is 0 Å². The van der Waals surface area contributed by atoms with Gasteiger partial charge in [0, 0.05) is 12.8 Å². The summed E-state index contributed by atoms with van der Waals surface area (Å²) in [5, 5.41) is 0. The number of Topliss-reactive ketones (excluding diaryl/α,β-unsaturated/α-hetero) is 1. The molecule has 0 unspecified atom stereocenters. The van der Waals surface area contributed by atoms with Gasteiger partial charge in [-0.15, -0.1) is 0 Å². The van der Waals surface area contributed by atoms with E-state index in [1.807, 2.05) is 0 Å². The van der Waals surface area contributed by atoms with E-state index in [-0.39, 0.29) is 0 Å². The topological polar surface area (TPSA) is 17.1 Å². The van der Waals surface area contributed by atoms with Crippen LogP contribution in [-0.2, 0) is 4.79 Å². The van der Waals surface area contributed by atoms with E-state index >= 15 is 0 Å². The van der Waals surface area contributed by atoms with Crippen LogP contribution in [0.2, 0.25) is 0 Å². The van der Waals surface area contributed by atoms with Crippen LogP contribution < -0.4 is 0 Å². The second kappa shape index (κ2) is 20.7. The molecule has 0 saturated heterocycles. The molecule has 0 aliphatic rings. The lowest BCUT2D eigenvalue weighted by atomic mass is 10.0. The lowest BCUT2D eigenvalue weighted by Crippen LogP contribution is -1.97. The summed E-state index contributed by atoms with van der Waals surface area (Å²) in [7, 11) is 0. The molecule has 0 amide bonds. The number of carbonyl (C=O) groups excluding carboxylic acids is 1. The van der Waals surface area contributed by atoms with Gasteiger partial charge in [-0.25, -0.2) is 0 Å². The molecule has 0 heterocycles. The van der Waals surface area contributed by atoms with Crippen LogP contribution in [-0.4, -0.2) is 5.78 Å². The third-order valence-corrected chi connectivity index (χ3v) is 5.12. The summed E-state index contributed by atoms with van der Waals surface area (Å²) in [6.45, 7) is 4.48. The van der Waals surface area contributed by atoms with Gasteiger partial charge in [0.15, 0.2) is 0 Å². The molecule has 0 aromatic carbocycles. The Bertz CT molecular complexity index is 246. The van der Waals surface area contributed by atoms with E-state index in [1.54, 1.807) is 0 Å². The van der Waals surface area contributed by atoms with Gasteiger partial charge in [0.05, 0.1) is 0 Å². The van der Waals surface area contributed by atoms with Crippen molar-refractivity contribution in [3.63, 3.8) is 0 Å². The Morgan fingerprint density at radius 1 is 0.417 bits per heavy atom. The van der Waals surface area contributed by atoms with Crippen LogP contribution in [0.1, 0.15) is 142 Å². The van der Waals surface area contributed by atoms with Crippen molar-refractivity contribution in [2.45, 2.75) is 142 Å². The molecule has 0 atom stereocenters. The first-order valence-electron chi connectivity index (χ1n) is 11.3. The third-order valence-electron chi connectivity index (χ3n) is 5.12. The van der Waals surface area contributed by atoms with Gasteiger partial charge in [-0.1, -0.05) is 117 Å². The highest BCUT2D eigenvalue weighted by molar-refractivity contribution is 5.78. The summed E-state index contributed by atoms with van der Waals surface area (Å²) < 4.78 is 0. The van der Waals surface area contributed by atoms with E-state index in [0.29, 0.717) is 5.78 Å². The van der Waals surface area contributed by atoms with Crippen molar-refractivity contribution in [2.24, 2.45) is 0 Å². The molecule has 0 fully saturated rings. The van der Waals surface area contributed by atoms with Crippen molar-refractivity contribution >= 4 is 5.78 Å². The van der Waals surface area contributed by atoms with Crippen molar-refractivity contribution in [3.8, 4) is 0 Å². The fourth-order valence-electron chi connectivity index (χ4n) is 3.39. The quantitative estimate of drug-likeness (QED) is 0.204. The summed E-state index contributed by atoms with van der Waals surface area (Å²) >= 11 is 0. The smallest absolute Gasteiger partial charge is 0.132 e. The molecule has 0 radical (unpaired) electrons. The molecule has 1 nitrogen and oxygen atoms in total. The fraction of sp³-hybridized carbons (Fsp3) is 0.957. The molecule has 0 aliphatic carbocycles. The van der Waals surface area contributed by atoms with Gasteiger partial charge in [0.1, 0.15) is 5.78 Å². The van der Waals surface area contributed by atoms with E-state index in [4.69, 9.17) is 0 Å². The van der Waals surface area contributed by atoms with Gasteiger partial charge in [-0.05, 0) is 12.8 Å². The average Bonchev–Trinajstić information content (AvgIpc) is 2.58. The van der Waals surface area contributed by atoms with Crippen molar-refractivity contribution < 1.29 is 4.79 Å². The maximum atomic E-state index is 11.7. The van der Waals surface area contributed by atoms with E-state index < -0.39 is 0 Å². The Morgan fingerprint density at radius 3 is 1.04 bits per heavy atom. The van der Waals surface area contributed by atoms with Crippen molar-refractivity contribution in [3.05, 3.63) is 0 Å². The molecular weight excluding hydrogens is 292 g/mol. The zero-order valence-electron chi connectivity index (χ0n) is 17.1. The molecular formula is C23H46O. The molecule has 0 aromatic heterocycles. The van der Waals surface area contributed by atoms with Crippen molar-refractivity contribution in [1.29, 1.82) is 0 Å². The standard InChI is InChI=1S/C23H46O/c1-3-5-7-8-9-10-11-12-13-14-15-16-17-18-20-22-23(24)21-19-6-4-2/h3-22H2,1-2H3.